The first-order chi connectivity index (χ1) is 8.08. The highest BCUT2D eigenvalue weighted by molar-refractivity contribution is 5.77. The molecule has 0 radical (unpaired) electrons. The minimum atomic E-state index is 0.117. The third-order valence-corrected chi connectivity index (χ3v) is 2.95. The standard InChI is InChI=1S/C15H16O2/c1-10-5-4-6-14(12(10)3)15-8-7-13(17-15)9-11(2)16/h4-8H,9H2,1-3H3. The molecule has 17 heavy (non-hydrogen) atoms. The fourth-order valence-corrected chi connectivity index (χ4v) is 1.88. The number of hydrogen-bond donors (Lipinski definition) is 0. The van der Waals surface area contributed by atoms with E-state index < -0.39 is 0 Å². The van der Waals surface area contributed by atoms with Gasteiger partial charge in [0.05, 0.1) is 6.42 Å². The fraction of sp³-hybridized carbons (Fsp3) is 0.267. The molecule has 0 saturated carbocycles. The van der Waals surface area contributed by atoms with E-state index in [0.29, 0.717) is 6.42 Å². The molecule has 2 heteroatoms. The van der Waals surface area contributed by atoms with Gasteiger partial charge in [0.15, 0.2) is 0 Å². The molecule has 0 aliphatic rings. The molecule has 0 N–H and O–H groups in total. The lowest BCUT2D eigenvalue weighted by Crippen LogP contribution is -1.93. The van der Waals surface area contributed by atoms with E-state index in [-0.39, 0.29) is 5.78 Å². The van der Waals surface area contributed by atoms with Crippen LogP contribution in [0, 0.1) is 13.8 Å². The van der Waals surface area contributed by atoms with Crippen molar-refractivity contribution < 1.29 is 9.21 Å². The number of aryl methyl sites for hydroxylation is 1. The van der Waals surface area contributed by atoms with Crippen molar-refractivity contribution in [3.8, 4) is 11.3 Å². The highest BCUT2D eigenvalue weighted by Gasteiger charge is 2.09. The van der Waals surface area contributed by atoms with Gasteiger partial charge >= 0.3 is 0 Å². The zero-order valence-corrected chi connectivity index (χ0v) is 10.4. The lowest BCUT2D eigenvalue weighted by Gasteiger charge is -2.05. The van der Waals surface area contributed by atoms with Crippen LogP contribution in [-0.2, 0) is 11.2 Å². The second-order valence-corrected chi connectivity index (χ2v) is 4.39. The monoisotopic (exact) mass is 228 g/mol. The van der Waals surface area contributed by atoms with Gasteiger partial charge in [-0.2, -0.15) is 0 Å². The molecule has 0 aliphatic heterocycles. The highest BCUT2D eigenvalue weighted by atomic mass is 16.3. The Morgan fingerprint density at radius 1 is 1.18 bits per heavy atom. The van der Waals surface area contributed by atoms with E-state index >= 15 is 0 Å². The second-order valence-electron chi connectivity index (χ2n) is 4.39. The summed E-state index contributed by atoms with van der Waals surface area (Å²) < 4.78 is 5.70. The zero-order chi connectivity index (χ0) is 12.4. The molecule has 0 fully saturated rings. The highest BCUT2D eigenvalue weighted by Crippen LogP contribution is 2.27. The number of ketones is 1. The van der Waals surface area contributed by atoms with Gasteiger partial charge in [-0.1, -0.05) is 18.2 Å². The molecule has 2 nitrogen and oxygen atoms in total. The van der Waals surface area contributed by atoms with Gasteiger partial charge in [0.25, 0.3) is 0 Å². The molecule has 1 aromatic carbocycles. The van der Waals surface area contributed by atoms with Crippen LogP contribution in [0.3, 0.4) is 0 Å². The third kappa shape index (κ3) is 2.47. The zero-order valence-electron chi connectivity index (χ0n) is 10.4. The fourth-order valence-electron chi connectivity index (χ4n) is 1.88. The van der Waals surface area contributed by atoms with E-state index in [1.165, 1.54) is 11.1 Å². The van der Waals surface area contributed by atoms with E-state index in [4.69, 9.17) is 4.42 Å². The van der Waals surface area contributed by atoms with E-state index in [0.717, 1.165) is 17.1 Å². The van der Waals surface area contributed by atoms with Crippen LogP contribution in [0.15, 0.2) is 34.7 Å². The minimum absolute atomic E-state index is 0.117. The summed E-state index contributed by atoms with van der Waals surface area (Å²) in [7, 11) is 0. The quantitative estimate of drug-likeness (QED) is 0.801. The number of benzene rings is 1. The van der Waals surface area contributed by atoms with Gasteiger partial charge in [-0.25, -0.2) is 0 Å². The lowest BCUT2D eigenvalue weighted by atomic mass is 10.0. The van der Waals surface area contributed by atoms with Crippen LogP contribution in [0.4, 0.5) is 0 Å². The minimum Gasteiger partial charge on any atom is -0.461 e. The Morgan fingerprint density at radius 2 is 1.94 bits per heavy atom. The first-order valence-electron chi connectivity index (χ1n) is 5.72. The maximum atomic E-state index is 11.0. The van der Waals surface area contributed by atoms with Crippen LogP contribution in [0.25, 0.3) is 11.3 Å². The summed E-state index contributed by atoms with van der Waals surface area (Å²) in [5, 5.41) is 0. The predicted molar refractivity (Wildman–Crippen MR) is 68.0 cm³/mol. The van der Waals surface area contributed by atoms with E-state index in [2.05, 4.69) is 19.9 Å². The van der Waals surface area contributed by atoms with Crippen molar-refractivity contribution in [3.63, 3.8) is 0 Å². The molecular formula is C15H16O2. The summed E-state index contributed by atoms with van der Waals surface area (Å²) >= 11 is 0. The Kier molecular flexibility index (Phi) is 3.14. The van der Waals surface area contributed by atoms with Crippen LogP contribution >= 0.6 is 0 Å². The van der Waals surface area contributed by atoms with Crippen LogP contribution < -0.4 is 0 Å². The Labute approximate surface area is 101 Å². The van der Waals surface area contributed by atoms with Crippen LogP contribution in [-0.4, -0.2) is 5.78 Å². The van der Waals surface area contributed by atoms with Gasteiger partial charge in [0.2, 0.25) is 0 Å². The number of furan rings is 1. The number of rotatable bonds is 3. The SMILES string of the molecule is CC(=O)Cc1ccc(-c2cccc(C)c2C)o1. The average Bonchev–Trinajstić information content (AvgIpc) is 2.69. The van der Waals surface area contributed by atoms with E-state index in [1.807, 2.05) is 24.3 Å². The largest absolute Gasteiger partial charge is 0.461 e. The van der Waals surface area contributed by atoms with Crippen molar-refractivity contribution in [2.45, 2.75) is 27.2 Å². The molecule has 0 bridgehead atoms. The topological polar surface area (TPSA) is 30.2 Å². The van der Waals surface area contributed by atoms with E-state index in [1.54, 1.807) is 6.92 Å². The van der Waals surface area contributed by atoms with Crippen molar-refractivity contribution >= 4 is 5.78 Å². The second kappa shape index (κ2) is 4.58. The molecule has 0 spiro atoms. The van der Waals surface area contributed by atoms with Crippen LogP contribution in [0.5, 0.6) is 0 Å². The molecular weight excluding hydrogens is 212 g/mol. The number of Topliss-reactive ketones (excluding diaryl/α,β-unsaturated/α-hetero) is 1. The van der Waals surface area contributed by atoms with Crippen molar-refractivity contribution in [1.82, 2.24) is 0 Å². The molecule has 2 rings (SSSR count). The number of hydrogen-bond acceptors (Lipinski definition) is 2. The Hall–Kier alpha value is -1.83. The lowest BCUT2D eigenvalue weighted by molar-refractivity contribution is -0.116. The molecule has 1 aromatic heterocycles. The summed E-state index contributed by atoms with van der Waals surface area (Å²) in [6.07, 6.45) is 0.366. The normalized spacial score (nSPS) is 10.5. The first kappa shape index (κ1) is 11.6. The van der Waals surface area contributed by atoms with Crippen molar-refractivity contribution in [3.05, 3.63) is 47.2 Å². The van der Waals surface area contributed by atoms with Gasteiger partial charge in [0.1, 0.15) is 17.3 Å². The van der Waals surface area contributed by atoms with Gasteiger partial charge in [-0.15, -0.1) is 0 Å². The smallest absolute Gasteiger partial charge is 0.137 e. The summed E-state index contributed by atoms with van der Waals surface area (Å²) in [6, 6.07) is 9.94. The molecule has 88 valence electrons. The molecule has 0 aliphatic carbocycles. The van der Waals surface area contributed by atoms with E-state index in [9.17, 15) is 4.79 Å². The number of carbonyl (C=O) groups is 1. The van der Waals surface area contributed by atoms with Gasteiger partial charge < -0.3 is 4.42 Å². The van der Waals surface area contributed by atoms with Gasteiger partial charge in [-0.05, 0) is 44.0 Å². The summed E-state index contributed by atoms with van der Waals surface area (Å²) in [5.41, 5.74) is 3.56. The molecule has 0 unspecified atom stereocenters. The molecule has 0 amide bonds. The van der Waals surface area contributed by atoms with Crippen molar-refractivity contribution in [2.24, 2.45) is 0 Å². The molecule has 1 heterocycles. The summed E-state index contributed by atoms with van der Waals surface area (Å²) in [4.78, 5) is 11.0. The van der Waals surface area contributed by atoms with Gasteiger partial charge in [-0.3, -0.25) is 4.79 Å². The van der Waals surface area contributed by atoms with Crippen molar-refractivity contribution in [2.75, 3.05) is 0 Å². The van der Waals surface area contributed by atoms with Crippen LogP contribution in [0.2, 0.25) is 0 Å². The first-order valence-corrected chi connectivity index (χ1v) is 5.72. The summed E-state index contributed by atoms with van der Waals surface area (Å²) in [6.45, 7) is 5.73. The Balaban J connectivity index is 2.37. The van der Waals surface area contributed by atoms with Crippen LogP contribution in [0.1, 0.15) is 23.8 Å². The molecule has 0 saturated heterocycles. The maximum absolute atomic E-state index is 11.0. The van der Waals surface area contributed by atoms with Gasteiger partial charge in [0, 0.05) is 5.56 Å². The molecule has 0 atom stereocenters. The Bertz CT molecular complexity index is 550. The third-order valence-electron chi connectivity index (χ3n) is 2.95. The average molecular weight is 228 g/mol. The molecule has 2 aromatic rings. The predicted octanol–water partition coefficient (Wildman–Crippen LogP) is 3.69. The maximum Gasteiger partial charge on any atom is 0.137 e. The summed E-state index contributed by atoms with van der Waals surface area (Å²) in [5.74, 6) is 1.68. The number of carbonyl (C=O) groups excluding carboxylic acids is 1. The van der Waals surface area contributed by atoms with Crippen molar-refractivity contribution in [1.29, 1.82) is 0 Å². The Morgan fingerprint density at radius 3 is 2.65 bits per heavy atom.